The zero-order valence-electron chi connectivity index (χ0n) is 12.7. The van der Waals surface area contributed by atoms with Gasteiger partial charge in [0.15, 0.2) is 0 Å². The van der Waals surface area contributed by atoms with E-state index in [4.69, 9.17) is 10.1 Å². The van der Waals surface area contributed by atoms with E-state index in [2.05, 4.69) is 18.4 Å². The molecule has 1 aromatic heterocycles. The summed E-state index contributed by atoms with van der Waals surface area (Å²) in [6, 6.07) is 5.61. The number of carboxylic acids is 1. The Morgan fingerprint density at radius 3 is 2.62 bits per heavy atom. The number of aromatic carboxylic acids is 1. The van der Waals surface area contributed by atoms with Crippen LogP contribution < -0.4 is 0 Å². The Kier molecular flexibility index (Phi) is 3.70. The van der Waals surface area contributed by atoms with E-state index in [-0.39, 0.29) is 0 Å². The van der Waals surface area contributed by atoms with E-state index in [1.165, 1.54) is 32.1 Å². The van der Waals surface area contributed by atoms with Gasteiger partial charge in [-0.2, -0.15) is 0 Å². The van der Waals surface area contributed by atoms with Gasteiger partial charge < -0.3 is 9.67 Å². The monoisotopic (exact) mass is 286 g/mol. The summed E-state index contributed by atoms with van der Waals surface area (Å²) in [4.78, 5) is 15.9. The Labute approximate surface area is 124 Å². The van der Waals surface area contributed by atoms with Crippen molar-refractivity contribution in [3.63, 3.8) is 0 Å². The molecule has 1 heterocycles. The maximum atomic E-state index is 11.1. The van der Waals surface area contributed by atoms with Crippen LogP contribution in [0.5, 0.6) is 0 Å². The topological polar surface area (TPSA) is 55.1 Å². The second-order valence-corrected chi connectivity index (χ2v) is 6.28. The zero-order chi connectivity index (χ0) is 15.0. The van der Waals surface area contributed by atoms with E-state index in [1.54, 1.807) is 12.1 Å². The van der Waals surface area contributed by atoms with Gasteiger partial charge in [0.05, 0.1) is 16.6 Å². The number of aromatic nitrogens is 2. The van der Waals surface area contributed by atoms with Gasteiger partial charge in [0.1, 0.15) is 5.82 Å². The van der Waals surface area contributed by atoms with E-state index in [9.17, 15) is 4.79 Å². The summed E-state index contributed by atoms with van der Waals surface area (Å²) in [6.45, 7) is 4.33. The molecule has 1 saturated carbocycles. The van der Waals surface area contributed by atoms with Crippen LogP contribution in [0.1, 0.15) is 74.1 Å². The van der Waals surface area contributed by atoms with Gasteiger partial charge in [0.25, 0.3) is 0 Å². The summed E-state index contributed by atoms with van der Waals surface area (Å²) in [5.41, 5.74) is 2.17. The second-order valence-electron chi connectivity index (χ2n) is 6.28. The van der Waals surface area contributed by atoms with Crippen molar-refractivity contribution in [1.29, 1.82) is 0 Å². The van der Waals surface area contributed by atoms with Crippen LogP contribution in [0.25, 0.3) is 11.0 Å². The minimum absolute atomic E-state index is 0.311. The lowest BCUT2D eigenvalue weighted by atomic mass is 9.88. The van der Waals surface area contributed by atoms with Gasteiger partial charge >= 0.3 is 5.97 Å². The second kappa shape index (κ2) is 5.51. The Bertz CT molecular complexity index is 667. The molecule has 0 atom stereocenters. The van der Waals surface area contributed by atoms with Gasteiger partial charge in [-0.15, -0.1) is 0 Å². The first-order chi connectivity index (χ1) is 10.1. The third-order valence-corrected chi connectivity index (χ3v) is 4.45. The number of carbonyl (C=O) groups is 1. The number of imidazole rings is 1. The van der Waals surface area contributed by atoms with Crippen molar-refractivity contribution in [3.8, 4) is 0 Å². The number of benzene rings is 1. The molecule has 1 N–H and O–H groups in total. The first-order valence-electron chi connectivity index (χ1n) is 7.83. The molecule has 2 aromatic rings. The molecular weight excluding hydrogens is 264 g/mol. The van der Waals surface area contributed by atoms with Crippen molar-refractivity contribution in [2.75, 3.05) is 0 Å². The predicted octanol–water partition coefficient (Wildman–Crippen LogP) is 4.36. The average Bonchev–Trinajstić information content (AvgIpc) is 2.86. The smallest absolute Gasteiger partial charge is 0.335 e. The summed E-state index contributed by atoms with van der Waals surface area (Å²) >= 11 is 0. The van der Waals surface area contributed by atoms with Gasteiger partial charge in [-0.25, -0.2) is 9.78 Å². The van der Waals surface area contributed by atoms with Crippen LogP contribution in [0.3, 0.4) is 0 Å². The Balaban J connectivity index is 2.13. The highest BCUT2D eigenvalue weighted by Gasteiger charge is 2.23. The number of hydrogen-bond donors (Lipinski definition) is 1. The van der Waals surface area contributed by atoms with Crippen molar-refractivity contribution in [3.05, 3.63) is 29.6 Å². The average molecular weight is 286 g/mol. The predicted molar refractivity (Wildman–Crippen MR) is 82.9 cm³/mol. The lowest BCUT2D eigenvalue weighted by Gasteiger charge is -2.23. The number of fused-ring (bicyclic) bond motifs is 1. The van der Waals surface area contributed by atoms with Gasteiger partial charge in [-0.05, 0) is 44.9 Å². The molecule has 3 rings (SSSR count). The molecule has 0 bridgehead atoms. The maximum absolute atomic E-state index is 11.1. The zero-order valence-corrected chi connectivity index (χ0v) is 12.7. The molecule has 4 nitrogen and oxygen atoms in total. The molecule has 0 spiro atoms. The van der Waals surface area contributed by atoms with Gasteiger partial charge in [0.2, 0.25) is 0 Å². The molecule has 1 aliphatic rings. The Morgan fingerprint density at radius 2 is 2.00 bits per heavy atom. The Hall–Kier alpha value is -1.84. The maximum Gasteiger partial charge on any atom is 0.335 e. The first kappa shape index (κ1) is 14.1. The van der Waals surface area contributed by atoms with Crippen LogP contribution in [0, 0.1) is 0 Å². The third-order valence-electron chi connectivity index (χ3n) is 4.45. The lowest BCUT2D eigenvalue weighted by molar-refractivity contribution is 0.0697. The van der Waals surface area contributed by atoms with E-state index in [0.29, 0.717) is 17.5 Å². The first-order valence-corrected chi connectivity index (χ1v) is 7.83. The lowest BCUT2D eigenvalue weighted by Crippen LogP contribution is -2.13. The van der Waals surface area contributed by atoms with Crippen molar-refractivity contribution in [1.82, 2.24) is 9.55 Å². The van der Waals surface area contributed by atoms with Crippen LogP contribution in [-0.2, 0) is 0 Å². The van der Waals surface area contributed by atoms with E-state index >= 15 is 0 Å². The van der Waals surface area contributed by atoms with Gasteiger partial charge in [-0.3, -0.25) is 0 Å². The Morgan fingerprint density at radius 1 is 1.29 bits per heavy atom. The number of rotatable bonds is 3. The quantitative estimate of drug-likeness (QED) is 0.911. The number of nitrogens with zero attached hydrogens (tertiary/aromatic N) is 2. The summed E-state index contributed by atoms with van der Waals surface area (Å²) in [6.07, 6.45) is 6.25. The molecule has 1 aliphatic carbocycles. The molecule has 4 heteroatoms. The molecular formula is C17H22N2O2. The normalized spacial score (nSPS) is 16.7. The van der Waals surface area contributed by atoms with E-state index in [0.717, 1.165) is 16.9 Å². The van der Waals surface area contributed by atoms with Crippen molar-refractivity contribution in [2.45, 2.75) is 57.9 Å². The molecule has 0 aliphatic heterocycles. The van der Waals surface area contributed by atoms with Crippen LogP contribution in [0.2, 0.25) is 0 Å². The highest BCUT2D eigenvalue weighted by molar-refractivity contribution is 5.92. The molecule has 1 aromatic carbocycles. The van der Waals surface area contributed by atoms with Gasteiger partial charge in [0, 0.05) is 12.0 Å². The van der Waals surface area contributed by atoms with Crippen LogP contribution in [0.15, 0.2) is 18.2 Å². The van der Waals surface area contributed by atoms with Crippen LogP contribution in [0.4, 0.5) is 0 Å². The summed E-state index contributed by atoms with van der Waals surface area (Å²) in [7, 11) is 0. The number of hydrogen-bond acceptors (Lipinski definition) is 2. The third kappa shape index (κ3) is 2.55. The fourth-order valence-corrected chi connectivity index (χ4v) is 3.44. The summed E-state index contributed by atoms with van der Waals surface area (Å²) in [5, 5.41) is 9.14. The minimum Gasteiger partial charge on any atom is -0.478 e. The van der Waals surface area contributed by atoms with Crippen molar-refractivity contribution < 1.29 is 9.90 Å². The van der Waals surface area contributed by atoms with Crippen molar-refractivity contribution >= 4 is 17.0 Å². The van der Waals surface area contributed by atoms with Crippen LogP contribution in [-0.4, -0.2) is 20.6 Å². The van der Waals surface area contributed by atoms with Crippen molar-refractivity contribution in [2.24, 2.45) is 0 Å². The molecule has 0 radical (unpaired) electrons. The van der Waals surface area contributed by atoms with E-state index in [1.807, 2.05) is 6.07 Å². The summed E-state index contributed by atoms with van der Waals surface area (Å²) < 4.78 is 2.29. The number of carboxylic acid groups (broad SMARTS) is 1. The largest absolute Gasteiger partial charge is 0.478 e. The fraction of sp³-hybridized carbons (Fsp3) is 0.529. The van der Waals surface area contributed by atoms with Crippen LogP contribution >= 0.6 is 0 Å². The standard InChI is InChI=1S/C17H22N2O2/c1-11(2)19-15-9-8-13(17(20)21)10-14(15)18-16(19)12-6-4-3-5-7-12/h8-12H,3-7H2,1-2H3,(H,20,21). The van der Waals surface area contributed by atoms with E-state index < -0.39 is 5.97 Å². The summed E-state index contributed by atoms with van der Waals surface area (Å²) in [5.74, 6) is 0.763. The highest BCUT2D eigenvalue weighted by atomic mass is 16.4. The molecule has 0 amide bonds. The molecule has 112 valence electrons. The van der Waals surface area contributed by atoms with Gasteiger partial charge in [-0.1, -0.05) is 19.3 Å². The molecule has 0 saturated heterocycles. The fourth-order valence-electron chi connectivity index (χ4n) is 3.44. The molecule has 0 unspecified atom stereocenters. The molecule has 1 fully saturated rings. The minimum atomic E-state index is -0.893. The SMILES string of the molecule is CC(C)n1c(C2CCCCC2)nc2cc(C(=O)O)ccc21. The highest BCUT2D eigenvalue weighted by Crippen LogP contribution is 2.35. The molecule has 21 heavy (non-hydrogen) atoms.